The SMILES string of the molecule is Cc1cc(-c2ccccc2)cc(C)c1-n1ccnc1-c1[c-]cc(F)cc1.Cc1nc2cc(-c3nccn3-c3c(C(C)C)cccc3C(C)C)[c-]cc2o1.[Ir]. The largest absolute Gasteiger partial charge is 0.488 e. The average molecular weight is 892 g/mol. The summed E-state index contributed by atoms with van der Waals surface area (Å²) in [6.45, 7) is 15.0. The number of nitrogens with zero attached hydrogens (tertiary/aromatic N) is 5. The van der Waals surface area contributed by atoms with Gasteiger partial charge in [0.05, 0.1) is 17.2 Å². The number of para-hydroxylation sites is 1. The summed E-state index contributed by atoms with van der Waals surface area (Å²) in [4.78, 5) is 13.6. The standard InChI is InChI=1S/C23H18FN2.C23H24N3O.Ir/c1-16-14-20(18-6-4-3-5-7-18)15-17(2)22(16)26-13-12-25-23(26)19-8-10-21(24)11-9-19;1-14(2)18-7-6-8-19(15(3)4)22(18)26-12-11-24-23(26)17-9-10-21-20(13-17)25-16(5)27-21;/h3-8,10-15H,1-2H3;6-8,10-15H,1-5H3;/q2*-1;. The van der Waals surface area contributed by atoms with E-state index in [4.69, 9.17) is 4.42 Å². The Morgan fingerprint density at radius 2 is 1.24 bits per heavy atom. The van der Waals surface area contributed by atoms with Crippen molar-refractivity contribution >= 4 is 11.1 Å². The van der Waals surface area contributed by atoms with Gasteiger partial charge in [-0.1, -0.05) is 76.2 Å². The Kier molecular flexibility index (Phi) is 11.6. The van der Waals surface area contributed by atoms with E-state index >= 15 is 0 Å². The topological polar surface area (TPSA) is 61.7 Å². The molecule has 0 aliphatic rings. The maximum atomic E-state index is 13.2. The number of imidazole rings is 2. The molecule has 5 aromatic carbocycles. The zero-order valence-electron chi connectivity index (χ0n) is 31.5. The number of hydrogen-bond acceptors (Lipinski definition) is 4. The average Bonchev–Trinajstić information content (AvgIpc) is 3.91. The van der Waals surface area contributed by atoms with E-state index in [9.17, 15) is 4.39 Å². The number of oxazole rings is 1. The van der Waals surface area contributed by atoms with Gasteiger partial charge in [0.1, 0.15) is 0 Å². The first kappa shape index (κ1) is 38.3. The quantitative estimate of drug-likeness (QED) is 0.150. The van der Waals surface area contributed by atoms with Crippen LogP contribution in [0.5, 0.6) is 0 Å². The molecule has 3 heterocycles. The van der Waals surface area contributed by atoms with Crippen molar-refractivity contribution < 1.29 is 28.9 Å². The van der Waals surface area contributed by atoms with E-state index < -0.39 is 0 Å². The fourth-order valence-electron chi connectivity index (χ4n) is 6.95. The molecule has 0 unspecified atom stereocenters. The number of aromatic nitrogens is 5. The molecule has 0 aliphatic heterocycles. The Hall–Kier alpha value is -5.43. The molecule has 1 radical (unpaired) electrons. The Labute approximate surface area is 330 Å². The van der Waals surface area contributed by atoms with Crippen LogP contribution < -0.4 is 0 Å². The van der Waals surface area contributed by atoms with Crippen molar-refractivity contribution in [1.82, 2.24) is 24.1 Å². The molecule has 0 fully saturated rings. The third-order valence-corrected chi connectivity index (χ3v) is 9.39. The number of benzene rings is 5. The summed E-state index contributed by atoms with van der Waals surface area (Å²) in [6.07, 6.45) is 7.58. The van der Waals surface area contributed by atoms with Crippen molar-refractivity contribution in [2.45, 2.75) is 60.3 Å². The van der Waals surface area contributed by atoms with Crippen LogP contribution in [0.15, 0.2) is 120 Å². The Morgan fingerprint density at radius 1 is 0.648 bits per heavy atom. The fraction of sp³-hybridized carbons (Fsp3) is 0.196. The Bertz CT molecular complexity index is 2460. The van der Waals surface area contributed by atoms with Crippen molar-refractivity contribution in [1.29, 1.82) is 0 Å². The third-order valence-electron chi connectivity index (χ3n) is 9.39. The molecule has 0 bridgehead atoms. The van der Waals surface area contributed by atoms with Gasteiger partial charge in [-0.25, -0.2) is 4.98 Å². The van der Waals surface area contributed by atoms with Gasteiger partial charge in [-0.05, 0) is 71.2 Å². The number of fused-ring (bicyclic) bond motifs is 1. The summed E-state index contributed by atoms with van der Waals surface area (Å²) in [5, 5.41) is 0. The van der Waals surface area contributed by atoms with Gasteiger partial charge in [0.15, 0.2) is 5.89 Å². The number of aryl methyl sites for hydroxylation is 3. The first-order valence-corrected chi connectivity index (χ1v) is 17.9. The second-order valence-corrected chi connectivity index (χ2v) is 13.9. The second-order valence-electron chi connectivity index (χ2n) is 13.9. The summed E-state index contributed by atoms with van der Waals surface area (Å²) in [6, 6.07) is 35.9. The summed E-state index contributed by atoms with van der Waals surface area (Å²) < 4.78 is 23.0. The number of hydrogen-bond donors (Lipinski definition) is 0. The zero-order chi connectivity index (χ0) is 37.2. The van der Waals surface area contributed by atoms with Gasteiger partial charge >= 0.3 is 0 Å². The summed E-state index contributed by atoms with van der Waals surface area (Å²) >= 11 is 0. The maximum Gasteiger partial charge on any atom is 0.180 e. The van der Waals surface area contributed by atoms with E-state index in [1.165, 1.54) is 40.1 Å². The first-order valence-electron chi connectivity index (χ1n) is 17.9. The van der Waals surface area contributed by atoms with E-state index in [1.807, 2.05) is 60.4 Å². The van der Waals surface area contributed by atoms with Crippen LogP contribution in [0.4, 0.5) is 4.39 Å². The van der Waals surface area contributed by atoms with Crippen LogP contribution >= 0.6 is 0 Å². The Morgan fingerprint density at radius 3 is 1.83 bits per heavy atom. The minimum atomic E-state index is -0.300. The van der Waals surface area contributed by atoms with E-state index in [0.717, 1.165) is 50.7 Å². The number of rotatable bonds is 7. The molecule has 8 heteroatoms. The maximum absolute atomic E-state index is 13.2. The third kappa shape index (κ3) is 7.77. The normalized spacial score (nSPS) is 11.1. The van der Waals surface area contributed by atoms with Gasteiger partial charge in [-0.2, -0.15) is 0 Å². The van der Waals surface area contributed by atoms with Crippen molar-refractivity contribution in [3.05, 3.63) is 162 Å². The van der Waals surface area contributed by atoms with Gasteiger partial charge < -0.3 is 13.6 Å². The first-order chi connectivity index (χ1) is 25.6. The van der Waals surface area contributed by atoms with Crippen LogP contribution in [0.1, 0.15) is 67.7 Å². The van der Waals surface area contributed by atoms with E-state index in [0.29, 0.717) is 17.7 Å². The van der Waals surface area contributed by atoms with Gasteiger partial charge in [0.2, 0.25) is 0 Å². The molecule has 0 aliphatic carbocycles. The van der Waals surface area contributed by atoms with Crippen LogP contribution in [0.3, 0.4) is 0 Å². The molecule has 8 aromatic rings. The van der Waals surface area contributed by atoms with Crippen LogP contribution in [-0.4, -0.2) is 24.1 Å². The summed E-state index contributed by atoms with van der Waals surface area (Å²) in [7, 11) is 0. The summed E-state index contributed by atoms with van der Waals surface area (Å²) in [5.41, 5.74) is 12.9. The molecule has 8 rings (SSSR count). The van der Waals surface area contributed by atoms with Crippen LogP contribution in [0.25, 0.3) is 56.4 Å². The monoisotopic (exact) mass is 892 g/mol. The zero-order valence-corrected chi connectivity index (χ0v) is 33.9. The predicted octanol–water partition coefficient (Wildman–Crippen LogP) is 11.8. The minimum absolute atomic E-state index is 0. The van der Waals surface area contributed by atoms with Gasteiger partial charge in [0, 0.05) is 74.5 Å². The molecule has 54 heavy (non-hydrogen) atoms. The minimum Gasteiger partial charge on any atom is -0.488 e. The molecule has 0 atom stereocenters. The molecule has 0 saturated heterocycles. The Balaban J connectivity index is 0.000000181. The predicted molar refractivity (Wildman–Crippen MR) is 211 cm³/mol. The molecular weight excluding hydrogens is 850 g/mol. The molecular formula is C46H42FIrN5O-2. The molecule has 3 aromatic heterocycles. The molecule has 275 valence electrons. The van der Waals surface area contributed by atoms with Crippen molar-refractivity contribution in [3.63, 3.8) is 0 Å². The number of halogens is 1. The second kappa shape index (κ2) is 16.3. The smallest absolute Gasteiger partial charge is 0.180 e. The van der Waals surface area contributed by atoms with Gasteiger partial charge in [0.25, 0.3) is 0 Å². The molecule has 0 N–H and O–H groups in total. The molecule has 0 saturated carbocycles. The molecule has 0 amide bonds. The fourth-order valence-corrected chi connectivity index (χ4v) is 6.95. The van der Waals surface area contributed by atoms with Crippen LogP contribution in [-0.2, 0) is 20.1 Å². The van der Waals surface area contributed by atoms with Gasteiger partial charge in [-0.15, -0.1) is 53.6 Å². The molecule has 0 spiro atoms. The van der Waals surface area contributed by atoms with E-state index in [2.05, 4.69) is 116 Å². The van der Waals surface area contributed by atoms with Crippen LogP contribution in [0, 0.1) is 38.7 Å². The van der Waals surface area contributed by atoms with Gasteiger partial charge in [-0.3, -0.25) is 14.4 Å². The van der Waals surface area contributed by atoms with Crippen molar-refractivity contribution in [2.24, 2.45) is 0 Å². The van der Waals surface area contributed by atoms with Crippen molar-refractivity contribution in [2.75, 3.05) is 0 Å². The van der Waals surface area contributed by atoms with E-state index in [-0.39, 0.29) is 25.9 Å². The molecule has 6 nitrogen and oxygen atoms in total. The van der Waals surface area contributed by atoms with E-state index in [1.54, 1.807) is 12.3 Å². The van der Waals surface area contributed by atoms with Crippen LogP contribution in [0.2, 0.25) is 0 Å². The van der Waals surface area contributed by atoms with Crippen molar-refractivity contribution in [3.8, 4) is 45.3 Å². The summed E-state index contributed by atoms with van der Waals surface area (Å²) in [5.74, 6) is 2.81.